The molecule has 6 nitrogen and oxygen atoms in total. The van der Waals surface area contributed by atoms with Crippen LogP contribution in [0.25, 0.3) is 11.6 Å². The van der Waals surface area contributed by atoms with E-state index in [2.05, 4.69) is 16.8 Å². The molecule has 1 unspecified atom stereocenters. The molecular weight excluding hydrogens is 278 g/mol. The zero-order chi connectivity index (χ0) is 14.5. The average Bonchev–Trinajstić information content (AvgIpc) is 3.08. The van der Waals surface area contributed by atoms with Gasteiger partial charge in [-0.25, -0.2) is 0 Å². The largest absolute Gasteiger partial charge is 0.468 e. The van der Waals surface area contributed by atoms with Gasteiger partial charge in [0.2, 0.25) is 5.82 Å². The number of aromatic nitrogens is 3. The number of furan rings is 1. The summed E-state index contributed by atoms with van der Waals surface area (Å²) >= 11 is 1.29. The first kappa shape index (κ1) is 14.4. The molecule has 0 bridgehead atoms. The van der Waals surface area contributed by atoms with Crippen molar-refractivity contribution in [2.24, 2.45) is 0 Å². The van der Waals surface area contributed by atoms with Crippen LogP contribution < -0.4 is 0 Å². The molecule has 0 aliphatic carbocycles. The van der Waals surface area contributed by atoms with Crippen molar-refractivity contribution in [2.75, 3.05) is 7.11 Å². The van der Waals surface area contributed by atoms with Crippen LogP contribution in [-0.2, 0) is 16.1 Å². The second-order valence-electron chi connectivity index (χ2n) is 3.97. The molecule has 106 valence electrons. The van der Waals surface area contributed by atoms with Crippen molar-refractivity contribution in [3.63, 3.8) is 0 Å². The van der Waals surface area contributed by atoms with Crippen molar-refractivity contribution in [1.29, 1.82) is 0 Å². The molecule has 1 atom stereocenters. The first-order chi connectivity index (χ1) is 9.67. The molecule has 0 N–H and O–H groups in total. The van der Waals surface area contributed by atoms with Gasteiger partial charge in [0.15, 0.2) is 10.9 Å². The third kappa shape index (κ3) is 2.93. The monoisotopic (exact) mass is 293 g/mol. The number of carbonyl (C=O) groups is 1. The normalized spacial score (nSPS) is 12.1. The first-order valence-corrected chi connectivity index (χ1v) is 6.87. The topological polar surface area (TPSA) is 70.2 Å². The number of esters is 1. The second-order valence-corrected chi connectivity index (χ2v) is 5.27. The molecular formula is C13H15N3O3S. The summed E-state index contributed by atoms with van der Waals surface area (Å²) in [6.45, 7) is 6.01. The molecule has 7 heteroatoms. The summed E-state index contributed by atoms with van der Waals surface area (Å²) in [6, 6.07) is 3.59. The molecule has 2 rings (SSSR count). The van der Waals surface area contributed by atoms with Crippen molar-refractivity contribution < 1.29 is 13.9 Å². The Bertz CT molecular complexity index is 592. The maximum absolute atomic E-state index is 11.5. The Labute approximate surface area is 120 Å². The van der Waals surface area contributed by atoms with Crippen molar-refractivity contribution in [2.45, 2.75) is 23.9 Å². The second kappa shape index (κ2) is 6.42. The van der Waals surface area contributed by atoms with E-state index >= 15 is 0 Å². The average molecular weight is 293 g/mol. The standard InChI is InChI=1S/C13H15N3O3S/c1-4-7-16-11(10-6-5-8-19-10)14-15-13(16)20-9(2)12(17)18-3/h4-6,8-9H,1,7H2,2-3H3. The van der Waals surface area contributed by atoms with Gasteiger partial charge in [0.1, 0.15) is 5.25 Å². The number of nitrogens with zero attached hydrogens (tertiary/aromatic N) is 3. The molecule has 0 aliphatic heterocycles. The van der Waals surface area contributed by atoms with Gasteiger partial charge in [-0.1, -0.05) is 17.8 Å². The maximum Gasteiger partial charge on any atom is 0.318 e. The molecule has 0 radical (unpaired) electrons. The predicted octanol–water partition coefficient (Wildman–Crippen LogP) is 2.38. The van der Waals surface area contributed by atoms with Crippen LogP contribution in [0.4, 0.5) is 0 Å². The lowest BCUT2D eigenvalue weighted by atomic mass is 10.4. The van der Waals surface area contributed by atoms with Crippen LogP contribution in [0.5, 0.6) is 0 Å². The highest BCUT2D eigenvalue weighted by molar-refractivity contribution is 8.00. The SMILES string of the molecule is C=CCn1c(SC(C)C(=O)OC)nnc1-c1ccco1. The number of hydrogen-bond donors (Lipinski definition) is 0. The van der Waals surface area contributed by atoms with Crippen LogP contribution in [0.15, 0.2) is 40.6 Å². The van der Waals surface area contributed by atoms with E-state index in [9.17, 15) is 4.79 Å². The van der Waals surface area contributed by atoms with Crippen molar-refractivity contribution in [1.82, 2.24) is 14.8 Å². The minimum absolute atomic E-state index is 0.303. The summed E-state index contributed by atoms with van der Waals surface area (Å²) in [7, 11) is 1.36. The van der Waals surface area contributed by atoms with Gasteiger partial charge in [-0.2, -0.15) is 0 Å². The maximum atomic E-state index is 11.5. The van der Waals surface area contributed by atoms with Gasteiger partial charge in [0.25, 0.3) is 0 Å². The molecule has 20 heavy (non-hydrogen) atoms. The zero-order valence-corrected chi connectivity index (χ0v) is 12.1. The molecule has 0 saturated heterocycles. The number of methoxy groups -OCH3 is 1. The lowest BCUT2D eigenvalue weighted by molar-refractivity contribution is -0.139. The third-order valence-electron chi connectivity index (χ3n) is 2.59. The van der Waals surface area contributed by atoms with Crippen molar-refractivity contribution >= 4 is 17.7 Å². The molecule has 2 aromatic heterocycles. The molecule has 0 saturated carbocycles. The van der Waals surface area contributed by atoms with E-state index in [0.29, 0.717) is 23.3 Å². The molecule has 2 aromatic rings. The van der Waals surface area contributed by atoms with E-state index in [4.69, 9.17) is 9.15 Å². The van der Waals surface area contributed by atoms with Gasteiger partial charge in [0, 0.05) is 6.54 Å². The molecule has 0 aliphatic rings. The fraction of sp³-hybridized carbons (Fsp3) is 0.308. The first-order valence-electron chi connectivity index (χ1n) is 5.99. The van der Waals surface area contributed by atoms with E-state index < -0.39 is 0 Å². The van der Waals surface area contributed by atoms with E-state index in [-0.39, 0.29) is 11.2 Å². The van der Waals surface area contributed by atoms with Gasteiger partial charge in [-0.15, -0.1) is 16.8 Å². The Kier molecular flexibility index (Phi) is 4.62. The van der Waals surface area contributed by atoms with Gasteiger partial charge in [0.05, 0.1) is 13.4 Å². The predicted molar refractivity (Wildman–Crippen MR) is 75.3 cm³/mol. The van der Waals surface area contributed by atoms with E-state index in [1.165, 1.54) is 18.9 Å². The minimum atomic E-state index is -0.364. The Morgan fingerprint density at radius 3 is 3.05 bits per heavy atom. The molecule has 0 spiro atoms. The highest BCUT2D eigenvalue weighted by Crippen LogP contribution is 2.27. The smallest absolute Gasteiger partial charge is 0.318 e. The number of rotatable bonds is 6. The highest BCUT2D eigenvalue weighted by Gasteiger charge is 2.21. The number of carbonyl (C=O) groups excluding carboxylic acids is 1. The highest BCUT2D eigenvalue weighted by atomic mass is 32.2. The van der Waals surface area contributed by atoms with Gasteiger partial charge >= 0.3 is 5.97 Å². The van der Waals surface area contributed by atoms with Crippen LogP contribution in [0.3, 0.4) is 0 Å². The summed E-state index contributed by atoms with van der Waals surface area (Å²) in [5.74, 6) is 0.925. The molecule has 0 amide bonds. The van der Waals surface area contributed by atoms with Crippen LogP contribution in [-0.4, -0.2) is 33.1 Å². The van der Waals surface area contributed by atoms with E-state index in [1.807, 2.05) is 10.6 Å². The molecule has 2 heterocycles. The summed E-state index contributed by atoms with van der Waals surface area (Å²) in [4.78, 5) is 11.5. The van der Waals surface area contributed by atoms with Crippen LogP contribution in [0.2, 0.25) is 0 Å². The summed E-state index contributed by atoms with van der Waals surface area (Å²) in [5, 5.41) is 8.48. The van der Waals surface area contributed by atoms with Gasteiger partial charge in [-0.05, 0) is 19.1 Å². The van der Waals surface area contributed by atoms with E-state index in [0.717, 1.165) is 0 Å². The summed E-state index contributed by atoms with van der Waals surface area (Å²) in [6.07, 6.45) is 3.31. The van der Waals surface area contributed by atoms with Crippen molar-refractivity contribution in [3.05, 3.63) is 31.1 Å². The fourth-order valence-electron chi connectivity index (χ4n) is 1.63. The number of thioether (sulfide) groups is 1. The fourth-order valence-corrected chi connectivity index (χ4v) is 2.51. The Balaban J connectivity index is 2.30. The summed E-state index contributed by atoms with van der Waals surface area (Å²) < 4.78 is 11.9. The minimum Gasteiger partial charge on any atom is -0.468 e. The Morgan fingerprint density at radius 1 is 1.65 bits per heavy atom. The Hall–Kier alpha value is -2.02. The number of allylic oxidation sites excluding steroid dienone is 1. The van der Waals surface area contributed by atoms with Crippen LogP contribution >= 0.6 is 11.8 Å². The van der Waals surface area contributed by atoms with Crippen LogP contribution in [0.1, 0.15) is 6.92 Å². The summed E-state index contributed by atoms with van der Waals surface area (Å²) in [5.41, 5.74) is 0. The quantitative estimate of drug-likeness (QED) is 0.462. The molecule has 0 aromatic carbocycles. The lowest BCUT2D eigenvalue weighted by Crippen LogP contribution is -2.15. The number of ether oxygens (including phenoxy) is 1. The lowest BCUT2D eigenvalue weighted by Gasteiger charge is -2.09. The third-order valence-corrected chi connectivity index (χ3v) is 3.64. The van der Waals surface area contributed by atoms with Crippen LogP contribution in [0, 0.1) is 0 Å². The van der Waals surface area contributed by atoms with Gasteiger partial charge in [-0.3, -0.25) is 9.36 Å². The zero-order valence-electron chi connectivity index (χ0n) is 11.3. The van der Waals surface area contributed by atoms with Crippen molar-refractivity contribution in [3.8, 4) is 11.6 Å². The van der Waals surface area contributed by atoms with E-state index in [1.54, 1.807) is 25.3 Å². The van der Waals surface area contributed by atoms with Gasteiger partial charge < -0.3 is 9.15 Å². The molecule has 0 fully saturated rings. The Morgan fingerprint density at radius 2 is 2.45 bits per heavy atom. The number of hydrogen-bond acceptors (Lipinski definition) is 6.